The molecule has 3 rings (SSSR count). The summed E-state index contributed by atoms with van der Waals surface area (Å²) in [6, 6.07) is 14.3. The summed E-state index contributed by atoms with van der Waals surface area (Å²) in [6.07, 6.45) is 2.53. The average molecular weight is 474 g/mol. The highest BCUT2D eigenvalue weighted by Crippen LogP contribution is 2.24. The Morgan fingerprint density at radius 1 is 1.19 bits per heavy atom. The molecule has 0 bridgehead atoms. The molecule has 0 aliphatic heterocycles. The topological polar surface area (TPSA) is 55.1 Å². The summed E-state index contributed by atoms with van der Waals surface area (Å²) >= 11 is 2.26. The molecule has 3 aromatic rings. The number of carbonyl (C=O) groups is 1. The van der Waals surface area contributed by atoms with Gasteiger partial charge in [-0.05, 0) is 64.8 Å². The van der Waals surface area contributed by atoms with E-state index in [4.69, 9.17) is 4.42 Å². The average Bonchev–Trinajstić information content (AvgIpc) is 3.11. The van der Waals surface area contributed by atoms with E-state index in [1.807, 2.05) is 37.3 Å². The van der Waals surface area contributed by atoms with Gasteiger partial charge in [-0.1, -0.05) is 38.1 Å². The van der Waals surface area contributed by atoms with Crippen LogP contribution in [0.5, 0.6) is 0 Å². The van der Waals surface area contributed by atoms with Crippen molar-refractivity contribution in [3.63, 3.8) is 0 Å². The second-order valence-corrected chi connectivity index (χ2v) is 8.15. The van der Waals surface area contributed by atoms with Crippen LogP contribution in [-0.2, 0) is 11.2 Å². The van der Waals surface area contributed by atoms with E-state index in [9.17, 15) is 4.79 Å². The number of carbonyl (C=O) groups excluding carboxylic acids is 1. The van der Waals surface area contributed by atoms with Gasteiger partial charge in [0.05, 0.1) is 6.20 Å². The first-order chi connectivity index (χ1) is 12.9. The van der Waals surface area contributed by atoms with Gasteiger partial charge >= 0.3 is 0 Å². The van der Waals surface area contributed by atoms with Gasteiger partial charge in [0.1, 0.15) is 0 Å². The quantitative estimate of drug-likeness (QED) is 0.450. The lowest BCUT2D eigenvalue weighted by atomic mass is 10.0. The van der Waals surface area contributed by atoms with E-state index in [0.29, 0.717) is 24.7 Å². The number of amides is 1. The SMILES string of the molecule is Cc1cc(I)ccc1NC(=O)CCc1ncc(-c2ccc(C(C)C)cc2)o1. The molecule has 0 spiro atoms. The molecule has 0 unspecified atom stereocenters. The van der Waals surface area contributed by atoms with Crippen molar-refractivity contribution < 1.29 is 9.21 Å². The van der Waals surface area contributed by atoms with E-state index in [-0.39, 0.29) is 5.91 Å². The number of oxazole rings is 1. The zero-order valence-electron chi connectivity index (χ0n) is 15.8. The van der Waals surface area contributed by atoms with Crippen LogP contribution in [-0.4, -0.2) is 10.9 Å². The summed E-state index contributed by atoms with van der Waals surface area (Å²) in [7, 11) is 0. The first-order valence-electron chi connectivity index (χ1n) is 9.03. The lowest BCUT2D eigenvalue weighted by molar-refractivity contribution is -0.116. The zero-order chi connectivity index (χ0) is 19.4. The smallest absolute Gasteiger partial charge is 0.224 e. The number of aromatic nitrogens is 1. The van der Waals surface area contributed by atoms with Gasteiger partial charge in [-0.3, -0.25) is 4.79 Å². The van der Waals surface area contributed by atoms with Crippen LogP contribution in [0.1, 0.15) is 43.2 Å². The number of anilines is 1. The van der Waals surface area contributed by atoms with Crippen molar-refractivity contribution in [1.82, 2.24) is 4.98 Å². The van der Waals surface area contributed by atoms with Crippen molar-refractivity contribution in [3.8, 4) is 11.3 Å². The number of halogens is 1. The molecular formula is C22H23IN2O2. The Bertz CT molecular complexity index is 930. The Morgan fingerprint density at radius 2 is 1.93 bits per heavy atom. The molecule has 0 atom stereocenters. The molecule has 27 heavy (non-hydrogen) atoms. The van der Waals surface area contributed by atoms with Gasteiger partial charge < -0.3 is 9.73 Å². The maximum atomic E-state index is 12.2. The highest BCUT2D eigenvalue weighted by Gasteiger charge is 2.10. The van der Waals surface area contributed by atoms with Crippen LogP contribution in [0, 0.1) is 10.5 Å². The summed E-state index contributed by atoms with van der Waals surface area (Å²) < 4.78 is 6.97. The van der Waals surface area contributed by atoms with Gasteiger partial charge in [0.2, 0.25) is 5.91 Å². The summed E-state index contributed by atoms with van der Waals surface area (Å²) in [6.45, 7) is 6.33. The van der Waals surface area contributed by atoms with E-state index in [2.05, 4.69) is 58.9 Å². The summed E-state index contributed by atoms with van der Waals surface area (Å²) in [5.74, 6) is 1.77. The molecule has 0 fully saturated rings. The van der Waals surface area contributed by atoms with Crippen LogP contribution in [0.2, 0.25) is 0 Å². The van der Waals surface area contributed by atoms with Gasteiger partial charge in [0, 0.05) is 27.7 Å². The van der Waals surface area contributed by atoms with Gasteiger partial charge in [-0.2, -0.15) is 0 Å². The third kappa shape index (κ3) is 5.19. The molecule has 140 valence electrons. The zero-order valence-corrected chi connectivity index (χ0v) is 17.9. The van der Waals surface area contributed by atoms with Crippen molar-refractivity contribution in [2.75, 3.05) is 5.32 Å². The lowest BCUT2D eigenvalue weighted by Gasteiger charge is -2.08. The maximum Gasteiger partial charge on any atom is 0.224 e. The minimum atomic E-state index is -0.0413. The number of rotatable bonds is 6. The van der Waals surface area contributed by atoms with Crippen LogP contribution in [0.4, 0.5) is 5.69 Å². The van der Waals surface area contributed by atoms with Crippen LogP contribution >= 0.6 is 22.6 Å². The van der Waals surface area contributed by atoms with Crippen LogP contribution in [0.25, 0.3) is 11.3 Å². The number of nitrogens with one attached hydrogen (secondary N) is 1. The molecule has 1 heterocycles. The standard InChI is InChI=1S/C22H23IN2O2/c1-14(2)16-4-6-17(7-5-16)20-13-24-22(27-20)11-10-21(26)25-19-9-8-18(23)12-15(19)3/h4-9,12-14H,10-11H2,1-3H3,(H,25,26). The van der Waals surface area contributed by atoms with Crippen LogP contribution in [0.3, 0.4) is 0 Å². The summed E-state index contributed by atoms with van der Waals surface area (Å²) in [4.78, 5) is 16.5. The molecule has 5 heteroatoms. The number of benzene rings is 2. The molecule has 0 saturated carbocycles. The molecule has 2 aromatic carbocycles. The first-order valence-corrected chi connectivity index (χ1v) is 10.1. The normalized spacial score (nSPS) is 11.0. The fourth-order valence-electron chi connectivity index (χ4n) is 2.79. The minimum Gasteiger partial charge on any atom is -0.441 e. The predicted octanol–water partition coefficient (Wildman–Crippen LogP) is 5.95. The highest BCUT2D eigenvalue weighted by molar-refractivity contribution is 14.1. The summed E-state index contributed by atoms with van der Waals surface area (Å²) in [5, 5.41) is 2.95. The van der Waals surface area contributed by atoms with Gasteiger partial charge in [0.25, 0.3) is 0 Å². The third-order valence-electron chi connectivity index (χ3n) is 4.44. The molecule has 0 aliphatic carbocycles. The molecule has 0 radical (unpaired) electrons. The maximum absolute atomic E-state index is 12.2. The van der Waals surface area contributed by atoms with Gasteiger partial charge in [-0.25, -0.2) is 4.98 Å². The molecule has 0 aliphatic rings. The highest BCUT2D eigenvalue weighted by atomic mass is 127. The van der Waals surface area contributed by atoms with Crippen molar-refractivity contribution in [3.05, 3.63) is 69.2 Å². The fraction of sp³-hybridized carbons (Fsp3) is 0.273. The monoisotopic (exact) mass is 474 g/mol. The Kier molecular flexibility index (Phi) is 6.31. The third-order valence-corrected chi connectivity index (χ3v) is 5.11. The predicted molar refractivity (Wildman–Crippen MR) is 117 cm³/mol. The Balaban J connectivity index is 1.58. The van der Waals surface area contributed by atoms with Crippen molar-refractivity contribution in [2.24, 2.45) is 0 Å². The van der Waals surface area contributed by atoms with Gasteiger partial charge in [0.15, 0.2) is 11.7 Å². The van der Waals surface area contributed by atoms with E-state index >= 15 is 0 Å². The fourth-order valence-corrected chi connectivity index (χ4v) is 3.44. The van der Waals surface area contributed by atoms with Crippen molar-refractivity contribution in [1.29, 1.82) is 0 Å². The van der Waals surface area contributed by atoms with Crippen molar-refractivity contribution >= 4 is 34.2 Å². The Morgan fingerprint density at radius 3 is 2.59 bits per heavy atom. The second-order valence-electron chi connectivity index (χ2n) is 6.90. The van der Waals surface area contributed by atoms with E-state index in [0.717, 1.165) is 26.1 Å². The van der Waals surface area contributed by atoms with E-state index in [1.165, 1.54) is 5.56 Å². The second kappa shape index (κ2) is 8.69. The lowest BCUT2D eigenvalue weighted by Crippen LogP contribution is -2.13. The van der Waals surface area contributed by atoms with Crippen LogP contribution in [0.15, 0.2) is 53.1 Å². The number of hydrogen-bond donors (Lipinski definition) is 1. The molecular weight excluding hydrogens is 451 g/mol. The first kappa shape index (κ1) is 19.6. The minimum absolute atomic E-state index is 0.0413. The van der Waals surface area contributed by atoms with E-state index < -0.39 is 0 Å². The largest absolute Gasteiger partial charge is 0.441 e. The Labute approximate surface area is 173 Å². The van der Waals surface area contributed by atoms with Crippen molar-refractivity contribution in [2.45, 2.75) is 39.5 Å². The van der Waals surface area contributed by atoms with Crippen LogP contribution < -0.4 is 5.32 Å². The molecule has 1 aromatic heterocycles. The number of hydrogen-bond acceptors (Lipinski definition) is 3. The number of nitrogens with zero attached hydrogens (tertiary/aromatic N) is 1. The molecule has 4 nitrogen and oxygen atoms in total. The Hall–Kier alpha value is -2.15. The summed E-state index contributed by atoms with van der Waals surface area (Å²) in [5.41, 5.74) is 4.19. The molecule has 1 amide bonds. The number of aryl methyl sites for hydroxylation is 2. The molecule has 1 N–H and O–H groups in total. The van der Waals surface area contributed by atoms with Gasteiger partial charge in [-0.15, -0.1) is 0 Å². The molecule has 0 saturated heterocycles. The van der Waals surface area contributed by atoms with E-state index in [1.54, 1.807) is 6.20 Å².